The highest BCUT2D eigenvalue weighted by atomic mass is 32.1. The lowest BCUT2D eigenvalue weighted by Crippen LogP contribution is -2.24. The van der Waals surface area contributed by atoms with Crippen LogP contribution in [0, 0.1) is 11.7 Å². The zero-order chi connectivity index (χ0) is 13.8. The number of pyridine rings is 1. The van der Waals surface area contributed by atoms with E-state index >= 15 is 0 Å². The Balaban J connectivity index is 2.39. The Morgan fingerprint density at radius 2 is 2.21 bits per heavy atom. The van der Waals surface area contributed by atoms with Gasteiger partial charge in [0.2, 0.25) is 4.77 Å². The molecule has 0 radical (unpaired) electrons. The number of aryl methyl sites for hydroxylation is 1. The molecule has 19 heavy (non-hydrogen) atoms. The number of aromatic nitrogens is 4. The van der Waals surface area contributed by atoms with E-state index in [0.717, 1.165) is 12.1 Å². The van der Waals surface area contributed by atoms with E-state index in [1.54, 1.807) is 17.7 Å². The SMILES string of the molecule is COCCCn1c(C)ccc(-c2nc(=S)[nH][nH]2)c1=O. The summed E-state index contributed by atoms with van der Waals surface area (Å²) in [5, 5.41) is 5.49. The molecule has 0 aliphatic rings. The molecule has 0 saturated carbocycles. The topological polar surface area (TPSA) is 75.7 Å². The van der Waals surface area contributed by atoms with Crippen molar-refractivity contribution in [3.63, 3.8) is 0 Å². The minimum atomic E-state index is -0.0751. The molecule has 2 aromatic heterocycles. The Hall–Kier alpha value is -1.73. The van der Waals surface area contributed by atoms with Crippen molar-refractivity contribution < 1.29 is 4.74 Å². The smallest absolute Gasteiger partial charge is 0.261 e. The highest BCUT2D eigenvalue weighted by Gasteiger charge is 2.10. The van der Waals surface area contributed by atoms with Gasteiger partial charge in [0, 0.05) is 26.0 Å². The fraction of sp³-hybridized carbons (Fsp3) is 0.417. The van der Waals surface area contributed by atoms with Crippen molar-refractivity contribution in [2.75, 3.05) is 13.7 Å². The summed E-state index contributed by atoms with van der Waals surface area (Å²) in [7, 11) is 1.65. The standard InChI is InChI=1S/C12H16N4O2S/c1-8-4-5-9(10-13-12(19)15-14-10)11(17)16(8)6-3-7-18-2/h4-5H,3,6-7H2,1-2H3,(H2,13,14,15,19). The van der Waals surface area contributed by atoms with Crippen molar-refractivity contribution in [1.82, 2.24) is 19.7 Å². The van der Waals surface area contributed by atoms with E-state index in [0.29, 0.717) is 29.3 Å². The van der Waals surface area contributed by atoms with Crippen molar-refractivity contribution in [3.8, 4) is 11.4 Å². The molecule has 0 saturated heterocycles. The normalized spacial score (nSPS) is 10.8. The van der Waals surface area contributed by atoms with Crippen LogP contribution in [0.2, 0.25) is 0 Å². The molecule has 2 rings (SSSR count). The van der Waals surface area contributed by atoms with Crippen LogP contribution in [-0.2, 0) is 11.3 Å². The van der Waals surface area contributed by atoms with Gasteiger partial charge in [0.25, 0.3) is 5.56 Å². The number of aromatic amines is 2. The van der Waals surface area contributed by atoms with Gasteiger partial charge < -0.3 is 9.30 Å². The van der Waals surface area contributed by atoms with Gasteiger partial charge in [0.05, 0.1) is 5.56 Å². The molecule has 2 N–H and O–H groups in total. The summed E-state index contributed by atoms with van der Waals surface area (Å²) >= 11 is 4.90. The second-order valence-electron chi connectivity index (χ2n) is 4.21. The zero-order valence-corrected chi connectivity index (χ0v) is 11.7. The van der Waals surface area contributed by atoms with E-state index in [9.17, 15) is 4.79 Å². The van der Waals surface area contributed by atoms with Gasteiger partial charge >= 0.3 is 0 Å². The molecule has 0 amide bonds. The summed E-state index contributed by atoms with van der Waals surface area (Å²) in [5.74, 6) is 0.468. The van der Waals surface area contributed by atoms with Crippen molar-refractivity contribution in [1.29, 1.82) is 0 Å². The van der Waals surface area contributed by atoms with Crippen LogP contribution in [0.3, 0.4) is 0 Å². The molecule has 7 heteroatoms. The molecule has 0 aromatic carbocycles. The maximum absolute atomic E-state index is 12.4. The van der Waals surface area contributed by atoms with Gasteiger partial charge in [-0.1, -0.05) is 0 Å². The summed E-state index contributed by atoms with van der Waals surface area (Å²) in [6.07, 6.45) is 0.789. The lowest BCUT2D eigenvalue weighted by molar-refractivity contribution is 0.189. The first kappa shape index (κ1) is 13.7. The van der Waals surface area contributed by atoms with Crippen molar-refractivity contribution in [2.24, 2.45) is 0 Å². The van der Waals surface area contributed by atoms with E-state index in [4.69, 9.17) is 17.0 Å². The maximum atomic E-state index is 12.4. The van der Waals surface area contributed by atoms with Crippen molar-refractivity contribution >= 4 is 12.2 Å². The highest BCUT2D eigenvalue weighted by molar-refractivity contribution is 7.71. The molecule has 2 heterocycles. The van der Waals surface area contributed by atoms with Crippen LogP contribution in [-0.4, -0.2) is 33.5 Å². The Labute approximate surface area is 115 Å². The van der Waals surface area contributed by atoms with Crippen molar-refractivity contribution in [2.45, 2.75) is 19.9 Å². The largest absolute Gasteiger partial charge is 0.385 e. The summed E-state index contributed by atoms with van der Waals surface area (Å²) in [5.41, 5.74) is 1.35. The molecule has 0 aliphatic carbocycles. The Morgan fingerprint density at radius 1 is 1.42 bits per heavy atom. The molecule has 102 valence electrons. The molecule has 0 atom stereocenters. The lowest BCUT2D eigenvalue weighted by atomic mass is 10.2. The number of hydrogen-bond acceptors (Lipinski definition) is 4. The molecule has 0 unspecified atom stereocenters. The minimum Gasteiger partial charge on any atom is -0.385 e. The van der Waals surface area contributed by atoms with Gasteiger partial charge in [0.15, 0.2) is 5.82 Å². The van der Waals surface area contributed by atoms with E-state index < -0.39 is 0 Å². The van der Waals surface area contributed by atoms with Crippen LogP contribution in [0.4, 0.5) is 0 Å². The number of rotatable bonds is 5. The molecule has 0 bridgehead atoms. The molecule has 0 fully saturated rings. The number of methoxy groups -OCH3 is 1. The fourth-order valence-electron chi connectivity index (χ4n) is 1.89. The van der Waals surface area contributed by atoms with Gasteiger partial charge in [-0.05, 0) is 37.7 Å². The van der Waals surface area contributed by atoms with Crippen LogP contribution >= 0.6 is 12.2 Å². The Morgan fingerprint density at radius 3 is 2.84 bits per heavy atom. The number of H-pyrrole nitrogens is 2. The summed E-state index contributed by atoms with van der Waals surface area (Å²) < 4.78 is 7.07. The molecule has 0 aliphatic heterocycles. The first-order valence-electron chi connectivity index (χ1n) is 5.98. The number of ether oxygens (including phenoxy) is 1. The highest BCUT2D eigenvalue weighted by Crippen LogP contribution is 2.10. The van der Waals surface area contributed by atoms with Gasteiger partial charge in [-0.25, -0.2) is 0 Å². The molecule has 2 aromatic rings. The zero-order valence-electron chi connectivity index (χ0n) is 10.9. The van der Waals surface area contributed by atoms with Crippen LogP contribution in [0.1, 0.15) is 12.1 Å². The Kier molecular flexibility index (Phi) is 4.28. The van der Waals surface area contributed by atoms with Crippen LogP contribution in [0.25, 0.3) is 11.4 Å². The van der Waals surface area contributed by atoms with Crippen molar-refractivity contribution in [3.05, 3.63) is 33.0 Å². The summed E-state index contributed by atoms with van der Waals surface area (Å²) in [4.78, 5) is 16.5. The molecule has 0 spiro atoms. The average molecular weight is 280 g/mol. The average Bonchev–Trinajstić information content (AvgIpc) is 2.80. The molecular formula is C12H16N4O2S. The maximum Gasteiger partial charge on any atom is 0.261 e. The predicted molar refractivity (Wildman–Crippen MR) is 74.7 cm³/mol. The lowest BCUT2D eigenvalue weighted by Gasteiger charge is -2.10. The fourth-order valence-corrected chi connectivity index (χ4v) is 2.04. The predicted octanol–water partition coefficient (Wildman–Crippen LogP) is 1.64. The third-order valence-electron chi connectivity index (χ3n) is 2.88. The third-order valence-corrected chi connectivity index (χ3v) is 3.07. The van der Waals surface area contributed by atoms with Gasteiger partial charge in [0.1, 0.15) is 0 Å². The summed E-state index contributed by atoms with van der Waals surface area (Å²) in [6.45, 7) is 3.16. The monoisotopic (exact) mass is 280 g/mol. The first-order chi connectivity index (χ1) is 9.13. The van der Waals surface area contributed by atoms with Gasteiger partial charge in [-0.3, -0.25) is 15.0 Å². The second-order valence-corrected chi connectivity index (χ2v) is 4.59. The van der Waals surface area contributed by atoms with E-state index in [1.807, 2.05) is 13.0 Å². The summed E-state index contributed by atoms with van der Waals surface area (Å²) in [6, 6.07) is 3.65. The van der Waals surface area contributed by atoms with E-state index in [1.165, 1.54) is 0 Å². The van der Waals surface area contributed by atoms with E-state index in [-0.39, 0.29) is 5.56 Å². The Bertz CT molecular complexity index is 671. The molecular weight excluding hydrogens is 264 g/mol. The molecule has 6 nitrogen and oxygen atoms in total. The minimum absolute atomic E-state index is 0.0751. The van der Waals surface area contributed by atoms with Crippen LogP contribution < -0.4 is 5.56 Å². The second kappa shape index (κ2) is 5.94. The quantitative estimate of drug-likeness (QED) is 0.645. The van der Waals surface area contributed by atoms with Gasteiger partial charge in [-0.15, -0.1) is 0 Å². The number of hydrogen-bond donors (Lipinski definition) is 2. The number of nitrogens with one attached hydrogen (secondary N) is 2. The third kappa shape index (κ3) is 2.99. The van der Waals surface area contributed by atoms with E-state index in [2.05, 4.69) is 15.2 Å². The van der Waals surface area contributed by atoms with Crippen LogP contribution in [0.15, 0.2) is 16.9 Å². The van der Waals surface area contributed by atoms with Gasteiger partial charge in [-0.2, -0.15) is 4.98 Å². The van der Waals surface area contributed by atoms with Crippen LogP contribution in [0.5, 0.6) is 0 Å². The first-order valence-corrected chi connectivity index (χ1v) is 6.38. The number of nitrogens with zero attached hydrogens (tertiary/aromatic N) is 2.